The van der Waals surface area contributed by atoms with Gasteiger partial charge in [-0.05, 0) is 31.5 Å². The Bertz CT molecular complexity index is 748. The fourth-order valence-corrected chi connectivity index (χ4v) is 2.99. The highest BCUT2D eigenvalue weighted by Gasteiger charge is 2.17. The first-order valence-electron chi connectivity index (χ1n) is 8.10. The number of sulfonamides is 1. The van der Waals surface area contributed by atoms with Crippen LogP contribution in [0.25, 0.3) is 0 Å². The average molecular weight is 385 g/mol. The molecular formula is C16H23N3O6S. The van der Waals surface area contributed by atoms with Crippen LogP contribution in [-0.4, -0.2) is 52.4 Å². The van der Waals surface area contributed by atoms with E-state index in [1.54, 1.807) is 6.92 Å². The number of rotatable bonds is 10. The number of amides is 2. The van der Waals surface area contributed by atoms with Crippen LogP contribution in [0, 0.1) is 0 Å². The van der Waals surface area contributed by atoms with Gasteiger partial charge in [0.25, 0.3) is 5.91 Å². The lowest BCUT2D eigenvalue weighted by atomic mass is 10.2. The number of nitrogens with one attached hydrogen (secondary N) is 3. The molecule has 0 aliphatic rings. The number of carbonyl (C=O) groups excluding carboxylic acids is 3. The molecule has 2 amide bonds. The molecule has 1 rings (SSSR count). The Kier molecular flexibility index (Phi) is 8.73. The van der Waals surface area contributed by atoms with E-state index in [1.165, 1.54) is 24.3 Å². The highest BCUT2D eigenvalue weighted by atomic mass is 32.2. The average Bonchev–Trinajstić information content (AvgIpc) is 2.63. The van der Waals surface area contributed by atoms with Crippen molar-refractivity contribution in [2.24, 2.45) is 0 Å². The highest BCUT2D eigenvalue weighted by molar-refractivity contribution is 7.89. The van der Waals surface area contributed by atoms with Crippen molar-refractivity contribution in [3.05, 3.63) is 29.8 Å². The summed E-state index contributed by atoms with van der Waals surface area (Å²) in [6.45, 7) is 3.49. The zero-order valence-electron chi connectivity index (χ0n) is 14.7. The van der Waals surface area contributed by atoms with Gasteiger partial charge < -0.3 is 15.4 Å². The van der Waals surface area contributed by atoms with Gasteiger partial charge in [-0.15, -0.1) is 0 Å². The van der Waals surface area contributed by atoms with Crippen LogP contribution in [0.3, 0.4) is 0 Å². The SMILES string of the molecule is CCCNS(=O)(=O)c1cccc(C(=O)OCC(=O)NCC(=O)NCC)c1. The molecule has 0 bridgehead atoms. The number of ether oxygens (including phenoxy) is 1. The molecule has 0 radical (unpaired) electrons. The number of likely N-dealkylation sites (N-methyl/N-ethyl adjacent to an activating group) is 1. The monoisotopic (exact) mass is 385 g/mol. The highest BCUT2D eigenvalue weighted by Crippen LogP contribution is 2.12. The molecule has 0 saturated carbocycles. The summed E-state index contributed by atoms with van der Waals surface area (Å²) in [5.41, 5.74) is 0.000833. The van der Waals surface area contributed by atoms with E-state index >= 15 is 0 Å². The lowest BCUT2D eigenvalue weighted by Gasteiger charge is -2.08. The van der Waals surface area contributed by atoms with Crippen LogP contribution < -0.4 is 15.4 Å². The van der Waals surface area contributed by atoms with Crippen molar-refractivity contribution in [3.8, 4) is 0 Å². The topological polar surface area (TPSA) is 131 Å². The van der Waals surface area contributed by atoms with Crippen LogP contribution in [0.5, 0.6) is 0 Å². The minimum atomic E-state index is -3.71. The van der Waals surface area contributed by atoms with Crippen LogP contribution in [0.1, 0.15) is 30.6 Å². The van der Waals surface area contributed by atoms with E-state index in [9.17, 15) is 22.8 Å². The van der Waals surface area contributed by atoms with Crippen LogP contribution in [0.15, 0.2) is 29.2 Å². The molecule has 9 nitrogen and oxygen atoms in total. The normalized spacial score (nSPS) is 10.8. The van der Waals surface area contributed by atoms with Crippen LogP contribution in [0.4, 0.5) is 0 Å². The Morgan fingerprint density at radius 2 is 1.81 bits per heavy atom. The second-order valence-corrected chi connectivity index (χ2v) is 7.00. The van der Waals surface area contributed by atoms with Gasteiger partial charge in [0.2, 0.25) is 15.9 Å². The maximum atomic E-state index is 12.1. The lowest BCUT2D eigenvalue weighted by molar-refractivity contribution is -0.127. The molecule has 0 saturated heterocycles. The summed E-state index contributed by atoms with van der Waals surface area (Å²) in [6, 6.07) is 5.32. The third kappa shape index (κ3) is 7.19. The van der Waals surface area contributed by atoms with Gasteiger partial charge in [-0.2, -0.15) is 0 Å². The fraction of sp³-hybridized carbons (Fsp3) is 0.438. The number of benzene rings is 1. The van der Waals surface area contributed by atoms with Gasteiger partial charge in [-0.1, -0.05) is 13.0 Å². The first-order chi connectivity index (χ1) is 12.3. The Morgan fingerprint density at radius 3 is 2.46 bits per heavy atom. The molecule has 0 aliphatic carbocycles. The maximum Gasteiger partial charge on any atom is 0.338 e. The van der Waals surface area contributed by atoms with Gasteiger partial charge in [0, 0.05) is 13.1 Å². The van der Waals surface area contributed by atoms with Crippen molar-refractivity contribution in [2.75, 3.05) is 26.2 Å². The quantitative estimate of drug-likeness (QED) is 0.478. The molecule has 0 fully saturated rings. The zero-order valence-corrected chi connectivity index (χ0v) is 15.5. The molecule has 1 aromatic rings. The van der Waals surface area contributed by atoms with E-state index in [0.29, 0.717) is 13.0 Å². The first kappa shape index (κ1) is 21.6. The van der Waals surface area contributed by atoms with E-state index in [2.05, 4.69) is 15.4 Å². The molecule has 0 spiro atoms. The summed E-state index contributed by atoms with van der Waals surface area (Å²) >= 11 is 0. The fourth-order valence-electron chi connectivity index (χ4n) is 1.81. The van der Waals surface area contributed by atoms with E-state index < -0.39 is 28.5 Å². The Hall–Kier alpha value is -2.46. The Morgan fingerprint density at radius 1 is 1.08 bits per heavy atom. The third-order valence-corrected chi connectivity index (χ3v) is 4.54. The van der Waals surface area contributed by atoms with Crippen molar-refractivity contribution in [1.29, 1.82) is 0 Å². The van der Waals surface area contributed by atoms with E-state index in [0.717, 1.165) is 0 Å². The van der Waals surface area contributed by atoms with Gasteiger partial charge in [0.1, 0.15) is 0 Å². The van der Waals surface area contributed by atoms with Gasteiger partial charge in [0.05, 0.1) is 17.0 Å². The summed E-state index contributed by atoms with van der Waals surface area (Å²) < 4.78 is 31.4. The van der Waals surface area contributed by atoms with Gasteiger partial charge in [-0.3, -0.25) is 9.59 Å². The minimum absolute atomic E-state index is 0.000833. The van der Waals surface area contributed by atoms with E-state index in [-0.39, 0.29) is 29.5 Å². The molecular weight excluding hydrogens is 362 g/mol. The van der Waals surface area contributed by atoms with Crippen molar-refractivity contribution in [2.45, 2.75) is 25.2 Å². The minimum Gasteiger partial charge on any atom is -0.452 e. The third-order valence-electron chi connectivity index (χ3n) is 3.08. The molecule has 1 aromatic carbocycles. The van der Waals surface area contributed by atoms with E-state index in [4.69, 9.17) is 4.74 Å². The Labute approximate surface area is 152 Å². The second-order valence-electron chi connectivity index (χ2n) is 5.23. The standard InChI is InChI=1S/C16H23N3O6S/c1-3-8-19-26(23,24)13-7-5-6-12(9-13)16(22)25-11-15(21)18-10-14(20)17-4-2/h5-7,9,19H,3-4,8,10-11H2,1-2H3,(H,17,20)(H,18,21). The number of hydrogen-bond donors (Lipinski definition) is 3. The number of hydrogen-bond acceptors (Lipinski definition) is 6. The van der Waals surface area contributed by atoms with Gasteiger partial charge >= 0.3 is 5.97 Å². The molecule has 0 unspecified atom stereocenters. The summed E-state index contributed by atoms with van der Waals surface area (Å²) in [6.07, 6.45) is 0.631. The maximum absolute atomic E-state index is 12.1. The summed E-state index contributed by atoms with van der Waals surface area (Å²) in [7, 11) is -3.71. The predicted octanol–water partition coefficient (Wildman–Crippen LogP) is -0.216. The van der Waals surface area contributed by atoms with Crippen molar-refractivity contribution in [1.82, 2.24) is 15.4 Å². The van der Waals surface area contributed by atoms with Crippen LogP contribution in [0.2, 0.25) is 0 Å². The zero-order chi connectivity index (χ0) is 19.6. The first-order valence-corrected chi connectivity index (χ1v) is 9.58. The molecule has 144 valence electrons. The smallest absolute Gasteiger partial charge is 0.338 e. The number of carbonyl (C=O) groups is 3. The van der Waals surface area contributed by atoms with Crippen LogP contribution >= 0.6 is 0 Å². The molecule has 0 aliphatic heterocycles. The second kappa shape index (κ2) is 10.5. The molecule has 3 N–H and O–H groups in total. The predicted molar refractivity (Wildman–Crippen MR) is 93.9 cm³/mol. The van der Waals surface area contributed by atoms with Crippen molar-refractivity contribution < 1.29 is 27.5 Å². The van der Waals surface area contributed by atoms with Crippen molar-refractivity contribution >= 4 is 27.8 Å². The molecule has 10 heteroatoms. The van der Waals surface area contributed by atoms with Crippen LogP contribution in [-0.2, 0) is 24.3 Å². The Balaban J connectivity index is 2.61. The lowest BCUT2D eigenvalue weighted by Crippen LogP contribution is -2.38. The summed E-state index contributed by atoms with van der Waals surface area (Å²) in [5.74, 6) is -1.84. The van der Waals surface area contributed by atoms with Gasteiger partial charge in [0.15, 0.2) is 6.61 Å². The molecule has 0 aromatic heterocycles. The number of esters is 1. The molecule has 0 heterocycles. The van der Waals surface area contributed by atoms with Gasteiger partial charge in [-0.25, -0.2) is 17.9 Å². The largest absolute Gasteiger partial charge is 0.452 e. The van der Waals surface area contributed by atoms with E-state index in [1.807, 2.05) is 6.92 Å². The molecule has 26 heavy (non-hydrogen) atoms. The summed E-state index contributed by atoms with van der Waals surface area (Å²) in [4.78, 5) is 34.7. The summed E-state index contributed by atoms with van der Waals surface area (Å²) in [5, 5.41) is 4.80. The van der Waals surface area contributed by atoms with Crippen molar-refractivity contribution in [3.63, 3.8) is 0 Å². The molecule has 0 atom stereocenters.